The quantitative estimate of drug-likeness (QED) is 0.829. The number of hydrogen-bond acceptors (Lipinski definition) is 4. The Hall–Kier alpha value is -1.33. The van der Waals surface area contributed by atoms with E-state index in [0.29, 0.717) is 6.61 Å². The largest absolute Gasteiger partial charge is 0.492 e. The molecule has 0 saturated carbocycles. The molecule has 0 radical (unpaired) electrons. The van der Waals surface area contributed by atoms with Gasteiger partial charge in [-0.05, 0) is 32.0 Å². The van der Waals surface area contributed by atoms with E-state index in [0.717, 1.165) is 40.3 Å². The van der Waals surface area contributed by atoms with Crippen LogP contribution in [0, 0.1) is 13.8 Å². The number of benzene rings is 1. The molecule has 0 bridgehead atoms. The number of rotatable bonds is 6. The minimum Gasteiger partial charge on any atom is -0.492 e. The lowest BCUT2D eigenvalue weighted by atomic mass is 10.2. The van der Waals surface area contributed by atoms with Gasteiger partial charge in [0.25, 0.3) is 0 Å². The van der Waals surface area contributed by atoms with E-state index in [-0.39, 0.29) is 0 Å². The first-order chi connectivity index (χ1) is 9.16. The lowest BCUT2D eigenvalue weighted by Crippen LogP contribution is -2.21. The van der Waals surface area contributed by atoms with Crippen molar-refractivity contribution in [2.75, 3.05) is 13.2 Å². The molecule has 1 aromatic heterocycles. The van der Waals surface area contributed by atoms with Crippen LogP contribution in [0.1, 0.15) is 17.0 Å². The highest BCUT2D eigenvalue weighted by molar-refractivity contribution is 9.10. The average molecular weight is 325 g/mol. The van der Waals surface area contributed by atoms with E-state index >= 15 is 0 Å². The summed E-state index contributed by atoms with van der Waals surface area (Å²) in [6, 6.07) is 7.83. The number of aromatic nitrogens is 1. The zero-order valence-corrected chi connectivity index (χ0v) is 12.7. The highest BCUT2D eigenvalue weighted by Crippen LogP contribution is 2.17. The highest BCUT2D eigenvalue weighted by atomic mass is 79.9. The summed E-state index contributed by atoms with van der Waals surface area (Å²) >= 11 is 3.41. The standard InChI is InChI=1S/C14H17BrN2O2/c1-10-14(11(2)19-17-10)9-16-6-7-18-13-5-3-4-12(15)8-13/h3-5,8,16H,6-7,9H2,1-2H3. The summed E-state index contributed by atoms with van der Waals surface area (Å²) in [5.74, 6) is 1.74. The van der Waals surface area contributed by atoms with Crippen molar-refractivity contribution in [3.05, 3.63) is 45.8 Å². The van der Waals surface area contributed by atoms with Crippen LogP contribution in [0.5, 0.6) is 5.75 Å². The van der Waals surface area contributed by atoms with Gasteiger partial charge >= 0.3 is 0 Å². The highest BCUT2D eigenvalue weighted by Gasteiger charge is 2.07. The summed E-state index contributed by atoms with van der Waals surface area (Å²) < 4.78 is 11.8. The van der Waals surface area contributed by atoms with Crippen molar-refractivity contribution in [1.29, 1.82) is 0 Å². The Morgan fingerprint density at radius 1 is 1.37 bits per heavy atom. The van der Waals surface area contributed by atoms with Crippen molar-refractivity contribution in [3.63, 3.8) is 0 Å². The van der Waals surface area contributed by atoms with Crippen LogP contribution in [0.3, 0.4) is 0 Å². The monoisotopic (exact) mass is 324 g/mol. The molecular weight excluding hydrogens is 308 g/mol. The molecule has 0 saturated heterocycles. The van der Waals surface area contributed by atoms with Gasteiger partial charge in [-0.3, -0.25) is 0 Å². The average Bonchev–Trinajstić information content (AvgIpc) is 2.70. The van der Waals surface area contributed by atoms with E-state index in [1.807, 2.05) is 38.1 Å². The molecule has 0 aliphatic heterocycles. The van der Waals surface area contributed by atoms with Crippen molar-refractivity contribution in [2.24, 2.45) is 0 Å². The van der Waals surface area contributed by atoms with E-state index < -0.39 is 0 Å². The predicted octanol–water partition coefficient (Wildman–Crippen LogP) is 3.22. The van der Waals surface area contributed by atoms with Gasteiger partial charge in [-0.2, -0.15) is 0 Å². The van der Waals surface area contributed by atoms with Crippen LogP contribution in [0.2, 0.25) is 0 Å². The maximum atomic E-state index is 5.64. The topological polar surface area (TPSA) is 47.3 Å². The van der Waals surface area contributed by atoms with Gasteiger partial charge in [0.15, 0.2) is 0 Å². The maximum absolute atomic E-state index is 5.64. The van der Waals surface area contributed by atoms with Crippen molar-refractivity contribution in [2.45, 2.75) is 20.4 Å². The van der Waals surface area contributed by atoms with Gasteiger partial charge in [-0.15, -0.1) is 0 Å². The van der Waals surface area contributed by atoms with Crippen LogP contribution in [-0.4, -0.2) is 18.3 Å². The Balaban J connectivity index is 1.70. The fourth-order valence-electron chi connectivity index (χ4n) is 1.77. The van der Waals surface area contributed by atoms with Crippen LogP contribution in [0.4, 0.5) is 0 Å². The minimum absolute atomic E-state index is 0.625. The first-order valence-corrected chi connectivity index (χ1v) is 6.97. The molecule has 0 unspecified atom stereocenters. The molecule has 2 aromatic rings. The SMILES string of the molecule is Cc1noc(C)c1CNCCOc1cccc(Br)c1. The Kier molecular flexibility index (Phi) is 4.99. The number of ether oxygens (including phenoxy) is 1. The van der Waals surface area contributed by atoms with Gasteiger partial charge in [-0.1, -0.05) is 27.2 Å². The van der Waals surface area contributed by atoms with E-state index in [2.05, 4.69) is 26.4 Å². The van der Waals surface area contributed by atoms with Crippen molar-refractivity contribution >= 4 is 15.9 Å². The lowest BCUT2D eigenvalue weighted by molar-refractivity contribution is 0.313. The third-order valence-electron chi connectivity index (χ3n) is 2.83. The molecule has 19 heavy (non-hydrogen) atoms. The van der Waals surface area contributed by atoms with Crippen LogP contribution in [0.25, 0.3) is 0 Å². The molecular formula is C14H17BrN2O2. The summed E-state index contributed by atoms with van der Waals surface area (Å²) in [5.41, 5.74) is 2.07. The molecule has 1 heterocycles. The molecule has 0 aliphatic carbocycles. The van der Waals surface area contributed by atoms with Crippen LogP contribution in [-0.2, 0) is 6.54 Å². The molecule has 0 aliphatic rings. The Morgan fingerprint density at radius 2 is 2.21 bits per heavy atom. The van der Waals surface area contributed by atoms with Gasteiger partial charge in [0.2, 0.25) is 0 Å². The first-order valence-electron chi connectivity index (χ1n) is 6.17. The number of halogens is 1. The van der Waals surface area contributed by atoms with E-state index in [9.17, 15) is 0 Å². The number of hydrogen-bond donors (Lipinski definition) is 1. The van der Waals surface area contributed by atoms with Crippen molar-refractivity contribution in [3.8, 4) is 5.75 Å². The minimum atomic E-state index is 0.625. The maximum Gasteiger partial charge on any atom is 0.138 e. The van der Waals surface area contributed by atoms with E-state index in [1.54, 1.807) is 0 Å². The Morgan fingerprint density at radius 3 is 2.89 bits per heavy atom. The smallest absolute Gasteiger partial charge is 0.138 e. The summed E-state index contributed by atoms with van der Waals surface area (Å²) in [4.78, 5) is 0. The Labute approximate surface area is 121 Å². The Bertz CT molecular complexity index is 520. The van der Waals surface area contributed by atoms with Crippen molar-refractivity contribution in [1.82, 2.24) is 10.5 Å². The van der Waals surface area contributed by atoms with Gasteiger partial charge in [0.05, 0.1) is 5.69 Å². The fourth-order valence-corrected chi connectivity index (χ4v) is 2.14. The lowest BCUT2D eigenvalue weighted by Gasteiger charge is -2.07. The predicted molar refractivity (Wildman–Crippen MR) is 77.3 cm³/mol. The van der Waals surface area contributed by atoms with Crippen LogP contribution >= 0.6 is 15.9 Å². The van der Waals surface area contributed by atoms with Gasteiger partial charge in [0.1, 0.15) is 18.1 Å². The third kappa shape index (κ3) is 4.08. The number of nitrogens with zero attached hydrogens (tertiary/aromatic N) is 1. The van der Waals surface area contributed by atoms with E-state index in [1.165, 1.54) is 0 Å². The van der Waals surface area contributed by atoms with E-state index in [4.69, 9.17) is 9.26 Å². The molecule has 0 spiro atoms. The molecule has 5 heteroatoms. The normalized spacial score (nSPS) is 10.7. The summed E-state index contributed by atoms with van der Waals surface area (Å²) in [6.45, 7) is 6.03. The second-order valence-corrected chi connectivity index (χ2v) is 5.20. The zero-order chi connectivity index (χ0) is 13.7. The third-order valence-corrected chi connectivity index (χ3v) is 3.32. The zero-order valence-electron chi connectivity index (χ0n) is 11.1. The molecule has 2 rings (SSSR count). The molecule has 1 N–H and O–H groups in total. The van der Waals surface area contributed by atoms with Crippen molar-refractivity contribution < 1.29 is 9.26 Å². The molecule has 0 amide bonds. The molecule has 1 aromatic carbocycles. The second kappa shape index (κ2) is 6.73. The second-order valence-electron chi connectivity index (χ2n) is 4.29. The first kappa shape index (κ1) is 14.1. The van der Waals surface area contributed by atoms with Crippen LogP contribution < -0.4 is 10.1 Å². The molecule has 102 valence electrons. The van der Waals surface area contributed by atoms with Gasteiger partial charge < -0.3 is 14.6 Å². The molecule has 0 atom stereocenters. The number of nitrogens with one attached hydrogen (secondary N) is 1. The van der Waals surface area contributed by atoms with Gasteiger partial charge in [-0.25, -0.2) is 0 Å². The summed E-state index contributed by atoms with van der Waals surface area (Å²) in [6.07, 6.45) is 0. The summed E-state index contributed by atoms with van der Waals surface area (Å²) in [5, 5.41) is 7.24. The van der Waals surface area contributed by atoms with Gasteiger partial charge in [0, 0.05) is 23.1 Å². The summed E-state index contributed by atoms with van der Waals surface area (Å²) in [7, 11) is 0. The number of aryl methyl sites for hydroxylation is 2. The van der Waals surface area contributed by atoms with Crippen LogP contribution in [0.15, 0.2) is 33.3 Å². The molecule has 4 nitrogen and oxygen atoms in total. The molecule has 0 fully saturated rings. The fraction of sp³-hybridized carbons (Fsp3) is 0.357.